The standard InChI is InChI=1S/C30H24O2P/c31-30(24-13-5-1-6-14-24)28-21-22-32-29(28)23-33(25-15-7-2-8-16-25,26-17-9-3-10-18-26)27-19-11-4-12-20-27/h1-22H,23H2/q+1. The molecule has 0 N–H and O–H groups in total. The second-order valence-electron chi connectivity index (χ2n) is 7.93. The van der Waals surface area contributed by atoms with Crippen LogP contribution >= 0.6 is 7.26 Å². The minimum atomic E-state index is -2.15. The average Bonchev–Trinajstić information content (AvgIpc) is 3.37. The lowest BCUT2D eigenvalue weighted by Crippen LogP contribution is -2.32. The minimum Gasteiger partial charge on any atom is -0.465 e. The molecule has 2 nitrogen and oxygen atoms in total. The molecule has 160 valence electrons. The molecule has 33 heavy (non-hydrogen) atoms. The van der Waals surface area contributed by atoms with E-state index in [1.165, 1.54) is 15.9 Å². The Hall–Kier alpha value is -3.74. The zero-order chi connectivity index (χ0) is 22.5. The topological polar surface area (TPSA) is 30.2 Å². The third-order valence-electron chi connectivity index (χ3n) is 6.00. The van der Waals surface area contributed by atoms with Crippen molar-refractivity contribution in [3.63, 3.8) is 0 Å². The highest BCUT2D eigenvalue weighted by molar-refractivity contribution is 7.95. The van der Waals surface area contributed by atoms with Crippen molar-refractivity contribution in [3.05, 3.63) is 151 Å². The van der Waals surface area contributed by atoms with Crippen LogP contribution in [0.5, 0.6) is 0 Å². The smallest absolute Gasteiger partial charge is 0.196 e. The van der Waals surface area contributed by atoms with Crippen LogP contribution in [0.3, 0.4) is 0 Å². The Morgan fingerprint density at radius 1 is 0.576 bits per heavy atom. The lowest BCUT2D eigenvalue weighted by molar-refractivity contribution is 0.103. The summed E-state index contributed by atoms with van der Waals surface area (Å²) >= 11 is 0. The molecular formula is C30H24O2P+. The average molecular weight is 447 g/mol. The Balaban J connectivity index is 1.71. The first-order chi connectivity index (χ1) is 16.3. The first-order valence-corrected chi connectivity index (χ1v) is 13.0. The van der Waals surface area contributed by atoms with Gasteiger partial charge in [0, 0.05) is 5.56 Å². The van der Waals surface area contributed by atoms with Gasteiger partial charge >= 0.3 is 0 Å². The number of hydrogen-bond acceptors (Lipinski definition) is 2. The lowest BCUT2D eigenvalue weighted by atomic mass is 10.0. The van der Waals surface area contributed by atoms with E-state index < -0.39 is 7.26 Å². The molecule has 0 bridgehead atoms. The van der Waals surface area contributed by atoms with Gasteiger partial charge < -0.3 is 4.42 Å². The Morgan fingerprint density at radius 2 is 1.00 bits per heavy atom. The molecule has 1 heterocycles. The van der Waals surface area contributed by atoms with Crippen LogP contribution in [0.1, 0.15) is 21.7 Å². The van der Waals surface area contributed by atoms with Crippen LogP contribution in [0.25, 0.3) is 0 Å². The third kappa shape index (κ3) is 4.06. The Morgan fingerprint density at radius 3 is 1.45 bits per heavy atom. The summed E-state index contributed by atoms with van der Waals surface area (Å²) in [6.07, 6.45) is 2.27. The van der Waals surface area contributed by atoms with Gasteiger partial charge in [0.05, 0.1) is 11.8 Å². The molecule has 0 saturated carbocycles. The van der Waals surface area contributed by atoms with Crippen LogP contribution in [0.4, 0.5) is 0 Å². The van der Waals surface area contributed by atoms with Gasteiger partial charge in [-0.25, -0.2) is 0 Å². The maximum Gasteiger partial charge on any atom is 0.196 e. The van der Waals surface area contributed by atoms with Gasteiger partial charge in [-0.2, -0.15) is 0 Å². The van der Waals surface area contributed by atoms with Crippen LogP contribution in [0, 0.1) is 0 Å². The van der Waals surface area contributed by atoms with Crippen molar-refractivity contribution in [3.8, 4) is 0 Å². The molecule has 0 aliphatic rings. The van der Waals surface area contributed by atoms with Crippen LogP contribution < -0.4 is 15.9 Å². The first kappa shape index (κ1) is 21.1. The highest BCUT2D eigenvalue weighted by Gasteiger charge is 2.47. The molecule has 0 aliphatic heterocycles. The van der Waals surface area contributed by atoms with E-state index in [9.17, 15) is 4.79 Å². The fourth-order valence-electron chi connectivity index (χ4n) is 4.39. The van der Waals surface area contributed by atoms with Gasteiger partial charge in [0.1, 0.15) is 29.3 Å². The van der Waals surface area contributed by atoms with Gasteiger partial charge in [0.15, 0.2) is 11.5 Å². The van der Waals surface area contributed by atoms with Crippen molar-refractivity contribution in [1.82, 2.24) is 0 Å². The Kier molecular flexibility index (Phi) is 6.02. The molecule has 0 aliphatic carbocycles. The fraction of sp³-hybridized carbons (Fsp3) is 0.0333. The Labute approximate surface area is 194 Å². The van der Waals surface area contributed by atoms with E-state index in [2.05, 4.69) is 72.8 Å². The first-order valence-electron chi connectivity index (χ1n) is 11.0. The minimum absolute atomic E-state index is 0.00775. The zero-order valence-corrected chi connectivity index (χ0v) is 19.1. The van der Waals surface area contributed by atoms with E-state index in [1.807, 2.05) is 48.5 Å². The molecule has 0 saturated heterocycles. The molecule has 0 radical (unpaired) electrons. The van der Waals surface area contributed by atoms with Gasteiger partial charge in [-0.1, -0.05) is 84.9 Å². The summed E-state index contributed by atoms with van der Waals surface area (Å²) < 4.78 is 6.03. The molecule has 0 unspecified atom stereocenters. The zero-order valence-electron chi connectivity index (χ0n) is 18.2. The monoisotopic (exact) mass is 447 g/mol. The maximum atomic E-state index is 13.4. The van der Waals surface area contributed by atoms with Crippen LogP contribution in [0.2, 0.25) is 0 Å². The van der Waals surface area contributed by atoms with Crippen molar-refractivity contribution >= 4 is 29.0 Å². The molecule has 3 heteroatoms. The number of furan rings is 1. The van der Waals surface area contributed by atoms with Crippen molar-refractivity contribution in [2.45, 2.75) is 6.16 Å². The molecule has 0 atom stereocenters. The van der Waals surface area contributed by atoms with Gasteiger partial charge in [-0.15, -0.1) is 0 Å². The van der Waals surface area contributed by atoms with E-state index in [1.54, 1.807) is 12.3 Å². The summed E-state index contributed by atoms with van der Waals surface area (Å²) in [6.45, 7) is 0. The van der Waals surface area contributed by atoms with E-state index in [0.29, 0.717) is 17.3 Å². The summed E-state index contributed by atoms with van der Waals surface area (Å²) in [5, 5.41) is 3.78. The van der Waals surface area contributed by atoms with Crippen LogP contribution in [-0.2, 0) is 6.16 Å². The number of rotatable bonds is 7. The van der Waals surface area contributed by atoms with E-state index in [-0.39, 0.29) is 5.78 Å². The van der Waals surface area contributed by atoms with Gasteiger partial charge in [0.25, 0.3) is 0 Å². The summed E-state index contributed by atoms with van der Waals surface area (Å²) in [4.78, 5) is 13.4. The van der Waals surface area contributed by atoms with Crippen molar-refractivity contribution in [1.29, 1.82) is 0 Å². The van der Waals surface area contributed by atoms with E-state index >= 15 is 0 Å². The number of ketones is 1. The summed E-state index contributed by atoms with van der Waals surface area (Å²) in [5.41, 5.74) is 1.30. The summed E-state index contributed by atoms with van der Waals surface area (Å²) in [6, 6.07) is 43.1. The second kappa shape index (κ2) is 9.40. The van der Waals surface area contributed by atoms with Gasteiger partial charge in [-0.3, -0.25) is 4.79 Å². The quantitative estimate of drug-likeness (QED) is 0.226. The molecule has 0 fully saturated rings. The SMILES string of the molecule is O=C(c1ccccc1)c1ccoc1C[P+](c1ccccc1)(c1ccccc1)c1ccccc1. The van der Waals surface area contributed by atoms with Crippen LogP contribution in [-0.4, -0.2) is 5.78 Å². The lowest BCUT2D eigenvalue weighted by Gasteiger charge is -2.27. The summed E-state index contributed by atoms with van der Waals surface area (Å²) in [7, 11) is -2.15. The number of carbonyl (C=O) groups is 1. The Bertz CT molecular complexity index is 1230. The predicted molar refractivity (Wildman–Crippen MR) is 137 cm³/mol. The van der Waals surface area contributed by atoms with Gasteiger partial charge in [-0.05, 0) is 42.5 Å². The molecule has 0 spiro atoms. The molecule has 1 aromatic heterocycles. The number of hydrogen-bond donors (Lipinski definition) is 0. The van der Waals surface area contributed by atoms with Crippen molar-refractivity contribution < 1.29 is 9.21 Å². The van der Waals surface area contributed by atoms with Crippen molar-refractivity contribution in [2.75, 3.05) is 0 Å². The number of benzene rings is 4. The largest absolute Gasteiger partial charge is 0.465 e. The molecule has 0 amide bonds. The van der Waals surface area contributed by atoms with Crippen molar-refractivity contribution in [2.24, 2.45) is 0 Å². The highest BCUT2D eigenvalue weighted by atomic mass is 31.2. The second-order valence-corrected chi connectivity index (χ2v) is 11.4. The molecular weight excluding hydrogens is 423 g/mol. The molecule has 4 aromatic carbocycles. The van der Waals surface area contributed by atoms with Gasteiger partial charge in [0.2, 0.25) is 0 Å². The normalized spacial score (nSPS) is 11.3. The highest BCUT2D eigenvalue weighted by Crippen LogP contribution is 2.58. The molecule has 5 rings (SSSR count). The maximum absolute atomic E-state index is 13.4. The summed E-state index contributed by atoms with van der Waals surface area (Å²) in [5.74, 6) is 0.723. The predicted octanol–water partition coefficient (Wildman–Crippen LogP) is 6.00. The van der Waals surface area contributed by atoms with E-state index in [0.717, 1.165) is 5.76 Å². The van der Waals surface area contributed by atoms with Crippen LogP contribution in [0.15, 0.2) is 138 Å². The third-order valence-corrected chi connectivity index (χ3v) is 10.3. The molecule has 5 aromatic rings. The van der Waals surface area contributed by atoms with E-state index in [4.69, 9.17) is 4.42 Å². The number of carbonyl (C=O) groups excluding carboxylic acids is 1. The fourth-order valence-corrected chi connectivity index (χ4v) is 8.56.